The second-order valence-corrected chi connectivity index (χ2v) is 7.60. The number of hydrogen-bond acceptors (Lipinski definition) is 4. The van der Waals surface area contributed by atoms with Crippen LogP contribution in [0.5, 0.6) is 0 Å². The van der Waals surface area contributed by atoms with Crippen molar-refractivity contribution in [2.24, 2.45) is 5.92 Å². The smallest absolute Gasteiger partial charge is 0.277 e. The number of aromatic nitrogens is 3. The molecule has 0 bridgehead atoms. The van der Waals surface area contributed by atoms with Gasteiger partial charge in [0.05, 0.1) is 12.3 Å². The molecule has 1 fully saturated rings. The first-order valence-electron chi connectivity index (χ1n) is 9.73. The van der Waals surface area contributed by atoms with Crippen LogP contribution < -0.4 is 5.56 Å². The van der Waals surface area contributed by atoms with Crippen molar-refractivity contribution in [2.75, 3.05) is 13.1 Å². The Hall–Kier alpha value is -3.00. The molecule has 1 N–H and O–H groups in total. The zero-order chi connectivity index (χ0) is 20.5. The molecule has 1 saturated heterocycles. The maximum Gasteiger partial charge on any atom is 0.277 e. The first-order chi connectivity index (χ1) is 14.0. The summed E-state index contributed by atoms with van der Waals surface area (Å²) in [5.41, 5.74) is 1.20. The van der Waals surface area contributed by atoms with E-state index >= 15 is 0 Å². The number of hydrogen-bond donors (Lipinski definition) is 1. The van der Waals surface area contributed by atoms with E-state index in [4.69, 9.17) is 0 Å². The van der Waals surface area contributed by atoms with Gasteiger partial charge in [-0.1, -0.05) is 6.92 Å². The van der Waals surface area contributed by atoms with Crippen molar-refractivity contribution in [3.63, 3.8) is 0 Å². The average Bonchev–Trinajstić information content (AvgIpc) is 3.10. The molecule has 0 aliphatic carbocycles. The molecule has 29 heavy (non-hydrogen) atoms. The van der Waals surface area contributed by atoms with Gasteiger partial charge in [0.25, 0.3) is 5.56 Å². The molecule has 3 heterocycles. The van der Waals surface area contributed by atoms with Gasteiger partial charge in [-0.15, -0.1) is 0 Å². The quantitative estimate of drug-likeness (QED) is 0.730. The van der Waals surface area contributed by atoms with Crippen LogP contribution in [0.1, 0.15) is 25.3 Å². The summed E-state index contributed by atoms with van der Waals surface area (Å²) in [6.45, 7) is 3.09. The lowest BCUT2D eigenvalue weighted by Gasteiger charge is -2.31. The highest BCUT2D eigenvalue weighted by Crippen LogP contribution is 2.25. The van der Waals surface area contributed by atoms with Crippen molar-refractivity contribution in [1.82, 2.24) is 19.1 Å². The highest BCUT2D eigenvalue weighted by atomic mass is 19.1. The van der Waals surface area contributed by atoms with E-state index in [1.807, 2.05) is 0 Å². The average molecular weight is 398 g/mol. The summed E-state index contributed by atoms with van der Waals surface area (Å²) in [7, 11) is 0. The van der Waals surface area contributed by atoms with E-state index in [9.17, 15) is 19.1 Å². The predicted octanol–water partition coefficient (Wildman–Crippen LogP) is 2.05. The van der Waals surface area contributed by atoms with E-state index in [2.05, 4.69) is 12.0 Å². The molecule has 1 aliphatic rings. The van der Waals surface area contributed by atoms with E-state index in [0.717, 1.165) is 12.8 Å². The summed E-state index contributed by atoms with van der Waals surface area (Å²) in [5, 5.41) is 14.3. The molecule has 0 unspecified atom stereocenters. The second-order valence-electron chi connectivity index (χ2n) is 7.60. The number of nitrogens with zero attached hydrogens (tertiary/aromatic N) is 4. The van der Waals surface area contributed by atoms with Crippen LogP contribution in [0.2, 0.25) is 0 Å². The first-order valence-corrected chi connectivity index (χ1v) is 9.73. The minimum atomic E-state index is -0.396. The standard InChI is InChI=1S/C21H23FN4O3/c1-14-3-2-8-24(11-14)18(28)12-25-9-10-26-20(21(25)29)17(13-27)19(23-26)15-4-6-16(22)7-5-15/h4-7,9-10,14,27H,2-3,8,11-13H2,1H3/t14-/m1/s1. The molecule has 3 aromatic rings. The van der Waals surface area contributed by atoms with E-state index < -0.39 is 12.2 Å². The van der Waals surface area contributed by atoms with Crippen molar-refractivity contribution >= 4 is 11.4 Å². The van der Waals surface area contributed by atoms with Crippen molar-refractivity contribution in [3.05, 3.63) is 58.4 Å². The number of halogens is 1. The maximum atomic E-state index is 13.2. The van der Waals surface area contributed by atoms with Gasteiger partial charge in [0.2, 0.25) is 5.91 Å². The molecule has 0 saturated carbocycles. The van der Waals surface area contributed by atoms with Crippen LogP contribution in [-0.2, 0) is 17.9 Å². The molecule has 1 amide bonds. The summed E-state index contributed by atoms with van der Waals surface area (Å²) in [6, 6.07) is 5.71. The number of piperidine rings is 1. The van der Waals surface area contributed by atoms with Crippen LogP contribution in [0.3, 0.4) is 0 Å². The fourth-order valence-electron chi connectivity index (χ4n) is 3.93. The van der Waals surface area contributed by atoms with Crippen LogP contribution in [-0.4, -0.2) is 43.2 Å². The van der Waals surface area contributed by atoms with Crippen LogP contribution >= 0.6 is 0 Å². The molecule has 4 rings (SSSR count). The number of aliphatic hydroxyl groups excluding tert-OH is 1. The molecule has 0 spiro atoms. The number of carbonyl (C=O) groups is 1. The predicted molar refractivity (Wildman–Crippen MR) is 106 cm³/mol. The summed E-state index contributed by atoms with van der Waals surface area (Å²) in [5.74, 6) is -0.0104. The van der Waals surface area contributed by atoms with Crippen molar-refractivity contribution in [3.8, 4) is 11.3 Å². The van der Waals surface area contributed by atoms with Gasteiger partial charge >= 0.3 is 0 Å². The Morgan fingerprint density at radius 2 is 2.03 bits per heavy atom. The van der Waals surface area contributed by atoms with Crippen LogP contribution in [0, 0.1) is 11.7 Å². The Kier molecular flexibility index (Phi) is 5.19. The lowest BCUT2D eigenvalue weighted by molar-refractivity contribution is -0.133. The minimum Gasteiger partial charge on any atom is -0.392 e. The van der Waals surface area contributed by atoms with Crippen molar-refractivity contribution in [1.29, 1.82) is 0 Å². The number of carbonyl (C=O) groups excluding carboxylic acids is 1. The normalized spacial score (nSPS) is 17.1. The van der Waals surface area contributed by atoms with Gasteiger partial charge in [-0.05, 0) is 43.0 Å². The van der Waals surface area contributed by atoms with Gasteiger partial charge < -0.3 is 14.6 Å². The molecule has 1 aliphatic heterocycles. The SMILES string of the molecule is C[C@@H]1CCCN(C(=O)Cn2ccn3nc(-c4ccc(F)cc4)c(CO)c3c2=O)C1. The zero-order valence-corrected chi connectivity index (χ0v) is 16.2. The van der Waals surface area contributed by atoms with Gasteiger partial charge in [0.15, 0.2) is 0 Å². The topological polar surface area (TPSA) is 79.8 Å². The molecule has 8 heteroatoms. The Morgan fingerprint density at radius 3 is 2.72 bits per heavy atom. The lowest BCUT2D eigenvalue weighted by Crippen LogP contribution is -2.42. The Labute approximate surface area is 167 Å². The molecular formula is C21H23FN4O3. The summed E-state index contributed by atoms with van der Waals surface area (Å²) >= 11 is 0. The maximum absolute atomic E-state index is 13.2. The van der Waals surface area contributed by atoms with Crippen molar-refractivity contribution in [2.45, 2.75) is 32.9 Å². The Balaban J connectivity index is 1.70. The van der Waals surface area contributed by atoms with Gasteiger partial charge in [-0.2, -0.15) is 5.10 Å². The third kappa shape index (κ3) is 3.67. The van der Waals surface area contributed by atoms with E-state index in [1.165, 1.54) is 27.4 Å². The molecular weight excluding hydrogens is 375 g/mol. The molecule has 1 atom stereocenters. The number of likely N-dealkylation sites (tertiary alicyclic amines) is 1. The van der Waals surface area contributed by atoms with Gasteiger partial charge in [0, 0.05) is 36.6 Å². The van der Waals surface area contributed by atoms with Gasteiger partial charge in [-0.25, -0.2) is 8.91 Å². The highest BCUT2D eigenvalue weighted by Gasteiger charge is 2.23. The van der Waals surface area contributed by atoms with Crippen LogP contribution in [0.4, 0.5) is 4.39 Å². The molecule has 152 valence electrons. The number of rotatable bonds is 4. The number of amides is 1. The minimum absolute atomic E-state index is 0.0516. The third-order valence-electron chi connectivity index (χ3n) is 5.45. The van der Waals surface area contributed by atoms with E-state index in [0.29, 0.717) is 35.8 Å². The summed E-state index contributed by atoms with van der Waals surface area (Å²) in [6.07, 6.45) is 5.20. The zero-order valence-electron chi connectivity index (χ0n) is 16.2. The Bertz CT molecular complexity index is 1100. The van der Waals surface area contributed by atoms with Crippen molar-refractivity contribution < 1.29 is 14.3 Å². The number of fused-ring (bicyclic) bond motifs is 1. The fraction of sp³-hybridized carbons (Fsp3) is 0.381. The molecule has 7 nitrogen and oxygen atoms in total. The van der Waals surface area contributed by atoms with Gasteiger partial charge in [-0.3, -0.25) is 9.59 Å². The van der Waals surface area contributed by atoms with E-state index in [-0.39, 0.29) is 23.8 Å². The molecule has 0 radical (unpaired) electrons. The van der Waals surface area contributed by atoms with Crippen LogP contribution in [0.25, 0.3) is 16.8 Å². The Morgan fingerprint density at radius 1 is 1.28 bits per heavy atom. The lowest BCUT2D eigenvalue weighted by atomic mass is 10.0. The van der Waals surface area contributed by atoms with Gasteiger partial charge in [0.1, 0.15) is 17.9 Å². The van der Waals surface area contributed by atoms with Crippen LogP contribution in [0.15, 0.2) is 41.5 Å². The first kappa shape index (κ1) is 19.3. The fourth-order valence-corrected chi connectivity index (χ4v) is 3.93. The third-order valence-corrected chi connectivity index (χ3v) is 5.45. The number of benzene rings is 1. The monoisotopic (exact) mass is 398 g/mol. The highest BCUT2D eigenvalue weighted by molar-refractivity contribution is 5.76. The molecule has 1 aromatic carbocycles. The van der Waals surface area contributed by atoms with E-state index in [1.54, 1.807) is 23.2 Å². The second kappa shape index (κ2) is 7.79. The number of aliphatic hydroxyl groups is 1. The summed E-state index contributed by atoms with van der Waals surface area (Å²) in [4.78, 5) is 27.5. The summed E-state index contributed by atoms with van der Waals surface area (Å²) < 4.78 is 16.0. The largest absolute Gasteiger partial charge is 0.392 e. The molecule has 2 aromatic heterocycles.